The third-order valence-corrected chi connectivity index (χ3v) is 9.45. The first kappa shape index (κ1) is 28.2. The Morgan fingerprint density at radius 3 is 1.72 bits per heavy atom. The minimum Gasteiger partial charge on any atom is -0.454 e. The summed E-state index contributed by atoms with van der Waals surface area (Å²) in [7, 11) is 0. The topological polar surface area (TPSA) is 56.7 Å². The fourth-order valence-electron chi connectivity index (χ4n) is 7.17. The van der Waals surface area contributed by atoms with E-state index in [0.29, 0.717) is 17.5 Å². The largest absolute Gasteiger partial charge is 0.454 e. The lowest BCUT2D eigenvalue weighted by atomic mass is 10.0. The van der Waals surface area contributed by atoms with Crippen LogP contribution in [0.4, 0.5) is 0 Å². The third kappa shape index (κ3) is 4.52. The molecule has 5 heteroatoms. The average Bonchev–Trinajstić information content (AvgIpc) is 3.75. The van der Waals surface area contributed by atoms with Gasteiger partial charge in [0.05, 0.1) is 11.0 Å². The van der Waals surface area contributed by atoms with Gasteiger partial charge in [0.1, 0.15) is 5.58 Å². The molecular weight excluding hydrogens is 613 g/mol. The normalized spacial score (nSPS) is 11.6. The van der Waals surface area contributed by atoms with E-state index in [-0.39, 0.29) is 0 Å². The van der Waals surface area contributed by atoms with Crippen LogP contribution in [0.1, 0.15) is 0 Å². The monoisotopic (exact) mass is 640 g/mol. The Labute approximate surface area is 287 Å². The second-order valence-electron chi connectivity index (χ2n) is 12.4. The minimum absolute atomic E-state index is 0.599. The summed E-state index contributed by atoms with van der Waals surface area (Å²) in [5, 5.41) is 4.29. The fraction of sp³-hybridized carbons (Fsp3) is 0. The number of para-hydroxylation sites is 1. The zero-order chi connectivity index (χ0) is 33.0. The Kier molecular flexibility index (Phi) is 6.42. The highest BCUT2D eigenvalue weighted by Crippen LogP contribution is 2.43. The van der Waals surface area contributed by atoms with Crippen molar-refractivity contribution < 1.29 is 4.42 Å². The number of nitrogens with zero attached hydrogens (tertiary/aromatic N) is 4. The summed E-state index contributed by atoms with van der Waals surface area (Å²) in [5.74, 6) is 1.85. The molecule has 0 saturated carbocycles. The van der Waals surface area contributed by atoms with E-state index in [2.05, 4.69) is 102 Å². The maximum atomic E-state index is 6.87. The lowest BCUT2D eigenvalue weighted by molar-refractivity contribution is 0.671. The van der Waals surface area contributed by atoms with Gasteiger partial charge in [-0.15, -0.1) is 0 Å². The van der Waals surface area contributed by atoms with Gasteiger partial charge in [-0.2, -0.15) is 0 Å². The second kappa shape index (κ2) is 11.4. The van der Waals surface area contributed by atoms with Gasteiger partial charge in [0, 0.05) is 43.9 Å². The van der Waals surface area contributed by atoms with Crippen molar-refractivity contribution >= 4 is 43.7 Å². The van der Waals surface area contributed by atoms with E-state index in [1.54, 1.807) is 0 Å². The number of hydrogen-bond donors (Lipinski definition) is 0. The van der Waals surface area contributed by atoms with Gasteiger partial charge in [0.2, 0.25) is 0 Å². The molecule has 0 aliphatic carbocycles. The molecule has 0 N–H and O–H groups in total. The Hall–Kier alpha value is -6.85. The molecule has 0 bridgehead atoms. The van der Waals surface area contributed by atoms with Crippen LogP contribution < -0.4 is 0 Å². The van der Waals surface area contributed by atoms with Crippen molar-refractivity contribution in [1.82, 2.24) is 19.5 Å². The molecule has 0 fully saturated rings. The van der Waals surface area contributed by atoms with Crippen molar-refractivity contribution in [3.8, 4) is 51.0 Å². The molecule has 0 aliphatic heterocycles. The zero-order valence-corrected chi connectivity index (χ0v) is 26.9. The van der Waals surface area contributed by atoms with Crippen molar-refractivity contribution in [2.75, 3.05) is 0 Å². The molecule has 50 heavy (non-hydrogen) atoms. The predicted octanol–water partition coefficient (Wildman–Crippen LogP) is 11.5. The maximum absolute atomic E-state index is 6.87. The SMILES string of the molecule is c1ccc(-c2cccc(-n3c4ccccc4c4ccc5c(oc6cccc(-c7nc(-c8ccccc8)nc(-c8ccccc8)n7)c65)c43)c2)cc1. The van der Waals surface area contributed by atoms with Crippen LogP contribution in [-0.2, 0) is 0 Å². The molecular formula is C45H28N4O. The van der Waals surface area contributed by atoms with Crippen LogP contribution in [-0.4, -0.2) is 19.5 Å². The highest BCUT2D eigenvalue weighted by Gasteiger charge is 2.22. The van der Waals surface area contributed by atoms with E-state index in [0.717, 1.165) is 66.3 Å². The Balaban J connectivity index is 1.25. The summed E-state index contributed by atoms with van der Waals surface area (Å²) in [6.45, 7) is 0. The molecule has 0 radical (unpaired) electrons. The van der Waals surface area contributed by atoms with Crippen LogP contribution in [0.15, 0.2) is 174 Å². The van der Waals surface area contributed by atoms with E-state index >= 15 is 0 Å². The Bertz CT molecular complexity index is 2800. The molecule has 0 atom stereocenters. The van der Waals surface area contributed by atoms with Crippen LogP contribution in [0, 0.1) is 0 Å². The molecule has 0 amide bonds. The van der Waals surface area contributed by atoms with Gasteiger partial charge in [-0.1, -0.05) is 140 Å². The van der Waals surface area contributed by atoms with Crippen molar-refractivity contribution in [3.63, 3.8) is 0 Å². The molecule has 10 rings (SSSR count). The van der Waals surface area contributed by atoms with Crippen LogP contribution >= 0.6 is 0 Å². The molecule has 234 valence electrons. The van der Waals surface area contributed by atoms with Gasteiger partial charge >= 0.3 is 0 Å². The summed E-state index contributed by atoms with van der Waals surface area (Å²) in [5.41, 5.74) is 9.93. The standard InChI is InChI=1S/C45H28N4O/c1-4-14-29(15-5-1)32-20-12-21-33(28-32)49-38-24-11-10-22-34(38)35-26-27-36-40-37(23-13-25-39(40)50-42(36)41(35)49)45-47-43(30-16-6-2-7-17-30)46-44(48-45)31-18-8-3-9-19-31/h1-28H. The van der Waals surface area contributed by atoms with Gasteiger partial charge in [0.25, 0.3) is 0 Å². The number of fused-ring (bicyclic) bond motifs is 7. The van der Waals surface area contributed by atoms with Crippen LogP contribution in [0.25, 0.3) is 94.7 Å². The molecule has 5 nitrogen and oxygen atoms in total. The second-order valence-corrected chi connectivity index (χ2v) is 12.4. The maximum Gasteiger partial charge on any atom is 0.164 e. The fourth-order valence-corrected chi connectivity index (χ4v) is 7.17. The summed E-state index contributed by atoms with van der Waals surface area (Å²) in [6.07, 6.45) is 0. The molecule has 7 aromatic carbocycles. The first-order valence-electron chi connectivity index (χ1n) is 16.7. The Morgan fingerprint density at radius 2 is 1.00 bits per heavy atom. The van der Waals surface area contributed by atoms with Gasteiger partial charge in [0.15, 0.2) is 23.1 Å². The van der Waals surface area contributed by atoms with E-state index in [1.165, 1.54) is 10.9 Å². The van der Waals surface area contributed by atoms with Gasteiger partial charge in [-0.05, 0) is 41.5 Å². The van der Waals surface area contributed by atoms with Gasteiger partial charge in [-0.3, -0.25) is 0 Å². The molecule has 3 heterocycles. The van der Waals surface area contributed by atoms with E-state index < -0.39 is 0 Å². The number of aromatic nitrogens is 4. The molecule has 10 aromatic rings. The smallest absolute Gasteiger partial charge is 0.164 e. The first-order chi connectivity index (χ1) is 24.8. The first-order valence-corrected chi connectivity index (χ1v) is 16.7. The van der Waals surface area contributed by atoms with Crippen molar-refractivity contribution in [1.29, 1.82) is 0 Å². The molecule has 3 aromatic heterocycles. The van der Waals surface area contributed by atoms with E-state index in [1.807, 2.05) is 72.8 Å². The lowest BCUT2D eigenvalue weighted by Crippen LogP contribution is -2.00. The summed E-state index contributed by atoms with van der Waals surface area (Å²) >= 11 is 0. The molecule has 0 spiro atoms. The minimum atomic E-state index is 0.599. The Morgan fingerprint density at radius 1 is 0.420 bits per heavy atom. The molecule has 0 unspecified atom stereocenters. The molecule has 0 aliphatic rings. The number of hydrogen-bond acceptors (Lipinski definition) is 4. The quantitative estimate of drug-likeness (QED) is 0.188. The van der Waals surface area contributed by atoms with Crippen LogP contribution in [0.2, 0.25) is 0 Å². The number of benzene rings is 7. The van der Waals surface area contributed by atoms with Crippen molar-refractivity contribution in [3.05, 3.63) is 170 Å². The highest BCUT2D eigenvalue weighted by molar-refractivity contribution is 6.23. The number of furan rings is 1. The van der Waals surface area contributed by atoms with Crippen LogP contribution in [0.3, 0.4) is 0 Å². The van der Waals surface area contributed by atoms with Crippen LogP contribution in [0.5, 0.6) is 0 Å². The third-order valence-electron chi connectivity index (χ3n) is 9.45. The van der Waals surface area contributed by atoms with E-state index in [9.17, 15) is 0 Å². The van der Waals surface area contributed by atoms with Crippen molar-refractivity contribution in [2.24, 2.45) is 0 Å². The predicted molar refractivity (Wildman–Crippen MR) is 203 cm³/mol. The van der Waals surface area contributed by atoms with Crippen molar-refractivity contribution in [2.45, 2.75) is 0 Å². The number of rotatable bonds is 5. The zero-order valence-electron chi connectivity index (χ0n) is 26.9. The highest BCUT2D eigenvalue weighted by atomic mass is 16.3. The lowest BCUT2D eigenvalue weighted by Gasteiger charge is -2.10. The van der Waals surface area contributed by atoms with Gasteiger partial charge < -0.3 is 8.98 Å². The summed E-state index contributed by atoms with van der Waals surface area (Å²) < 4.78 is 9.21. The van der Waals surface area contributed by atoms with E-state index in [4.69, 9.17) is 19.4 Å². The average molecular weight is 641 g/mol. The molecule has 0 saturated heterocycles. The van der Waals surface area contributed by atoms with Gasteiger partial charge in [-0.25, -0.2) is 15.0 Å². The summed E-state index contributed by atoms with van der Waals surface area (Å²) in [6, 6.07) is 58.5. The summed E-state index contributed by atoms with van der Waals surface area (Å²) in [4.78, 5) is 15.1.